The van der Waals surface area contributed by atoms with Crippen molar-refractivity contribution in [2.45, 2.75) is 19.8 Å². The molecule has 0 aliphatic rings. The van der Waals surface area contributed by atoms with E-state index in [1.165, 1.54) is 0 Å². The smallest absolute Gasteiger partial charge is 0.199 e. The first-order valence-corrected chi connectivity index (χ1v) is 5.63. The standard InChI is InChI=1S/C13H11ClN2O/c1-9-12(6-7-15)16-13(17-9)8-10-2-4-11(14)5-3-10/h2-5H,6,8H2,1H3. The molecule has 0 spiro atoms. The Morgan fingerprint density at radius 1 is 1.35 bits per heavy atom. The molecule has 1 aromatic heterocycles. The van der Waals surface area contributed by atoms with Gasteiger partial charge in [-0.15, -0.1) is 0 Å². The van der Waals surface area contributed by atoms with E-state index in [2.05, 4.69) is 11.1 Å². The molecule has 0 amide bonds. The van der Waals surface area contributed by atoms with Gasteiger partial charge < -0.3 is 4.42 Å². The van der Waals surface area contributed by atoms with Crippen LogP contribution >= 0.6 is 11.6 Å². The third-order valence-electron chi connectivity index (χ3n) is 2.45. The molecule has 0 atom stereocenters. The Hall–Kier alpha value is -1.79. The minimum absolute atomic E-state index is 0.288. The number of oxazole rings is 1. The van der Waals surface area contributed by atoms with Crippen LogP contribution < -0.4 is 0 Å². The number of rotatable bonds is 3. The molecule has 3 nitrogen and oxygen atoms in total. The Balaban J connectivity index is 2.16. The number of hydrogen-bond acceptors (Lipinski definition) is 3. The summed E-state index contributed by atoms with van der Waals surface area (Å²) in [5, 5.41) is 9.34. The van der Waals surface area contributed by atoms with Gasteiger partial charge in [0.25, 0.3) is 0 Å². The molecular weight excluding hydrogens is 236 g/mol. The zero-order valence-electron chi connectivity index (χ0n) is 9.40. The molecule has 2 aromatic rings. The third kappa shape index (κ3) is 2.86. The second kappa shape index (κ2) is 5.03. The number of nitriles is 1. The highest BCUT2D eigenvalue weighted by atomic mass is 35.5. The first-order valence-electron chi connectivity index (χ1n) is 5.25. The van der Waals surface area contributed by atoms with Crippen LogP contribution in [0.25, 0.3) is 0 Å². The Kier molecular flexibility index (Phi) is 3.46. The maximum absolute atomic E-state index is 8.63. The van der Waals surface area contributed by atoms with Crippen LogP contribution in [0.4, 0.5) is 0 Å². The van der Waals surface area contributed by atoms with Gasteiger partial charge in [0.1, 0.15) is 5.76 Å². The van der Waals surface area contributed by atoms with Crippen LogP contribution in [0.5, 0.6) is 0 Å². The lowest BCUT2D eigenvalue weighted by atomic mass is 10.1. The molecule has 0 radical (unpaired) electrons. The Labute approximate surface area is 105 Å². The van der Waals surface area contributed by atoms with Crippen molar-refractivity contribution in [1.29, 1.82) is 5.26 Å². The van der Waals surface area contributed by atoms with E-state index < -0.39 is 0 Å². The van der Waals surface area contributed by atoms with E-state index in [1.807, 2.05) is 31.2 Å². The van der Waals surface area contributed by atoms with Crippen LogP contribution in [0.15, 0.2) is 28.7 Å². The minimum atomic E-state index is 0.288. The van der Waals surface area contributed by atoms with Gasteiger partial charge in [0.2, 0.25) is 0 Å². The summed E-state index contributed by atoms with van der Waals surface area (Å²) in [6.45, 7) is 1.82. The summed E-state index contributed by atoms with van der Waals surface area (Å²) >= 11 is 5.81. The molecule has 86 valence electrons. The molecule has 0 fully saturated rings. The van der Waals surface area contributed by atoms with Crippen molar-refractivity contribution in [3.8, 4) is 6.07 Å². The zero-order valence-corrected chi connectivity index (χ0v) is 10.2. The van der Waals surface area contributed by atoms with Crippen molar-refractivity contribution in [1.82, 2.24) is 4.98 Å². The van der Waals surface area contributed by atoms with Gasteiger partial charge in [-0.25, -0.2) is 4.98 Å². The van der Waals surface area contributed by atoms with Gasteiger partial charge >= 0.3 is 0 Å². The van der Waals surface area contributed by atoms with E-state index in [4.69, 9.17) is 21.3 Å². The van der Waals surface area contributed by atoms with Crippen LogP contribution in [0.3, 0.4) is 0 Å². The van der Waals surface area contributed by atoms with Gasteiger partial charge in [-0.2, -0.15) is 5.26 Å². The highest BCUT2D eigenvalue weighted by Crippen LogP contribution is 2.16. The average molecular weight is 247 g/mol. The van der Waals surface area contributed by atoms with Gasteiger partial charge in [-0.3, -0.25) is 0 Å². The summed E-state index contributed by atoms with van der Waals surface area (Å²) in [4.78, 5) is 4.30. The van der Waals surface area contributed by atoms with E-state index in [1.54, 1.807) is 0 Å². The zero-order chi connectivity index (χ0) is 12.3. The van der Waals surface area contributed by atoms with Crippen molar-refractivity contribution >= 4 is 11.6 Å². The molecule has 0 aliphatic heterocycles. The lowest BCUT2D eigenvalue weighted by Crippen LogP contribution is -1.89. The summed E-state index contributed by atoms with van der Waals surface area (Å²) in [6.07, 6.45) is 0.902. The van der Waals surface area contributed by atoms with Gasteiger partial charge in [0.05, 0.1) is 18.2 Å². The van der Waals surface area contributed by atoms with E-state index >= 15 is 0 Å². The maximum atomic E-state index is 8.63. The molecular formula is C13H11ClN2O. The predicted octanol–water partition coefficient (Wildman–Crippen LogP) is 3.29. The fraction of sp³-hybridized carbons (Fsp3) is 0.231. The van der Waals surface area contributed by atoms with Crippen LogP contribution in [0, 0.1) is 18.3 Å². The molecule has 17 heavy (non-hydrogen) atoms. The highest BCUT2D eigenvalue weighted by Gasteiger charge is 2.09. The third-order valence-corrected chi connectivity index (χ3v) is 2.70. The molecule has 0 unspecified atom stereocenters. The summed E-state index contributed by atoms with van der Waals surface area (Å²) in [5.74, 6) is 1.35. The highest BCUT2D eigenvalue weighted by molar-refractivity contribution is 6.30. The van der Waals surface area contributed by atoms with Crippen LogP contribution in [0.1, 0.15) is 22.9 Å². The summed E-state index contributed by atoms with van der Waals surface area (Å²) in [6, 6.07) is 9.61. The van der Waals surface area contributed by atoms with E-state index in [0.717, 1.165) is 17.0 Å². The maximum Gasteiger partial charge on any atom is 0.199 e. The number of hydrogen-bond donors (Lipinski definition) is 0. The Bertz CT molecular complexity index is 552. The number of nitrogens with zero attached hydrogens (tertiary/aromatic N) is 2. The molecule has 0 bridgehead atoms. The summed E-state index contributed by atoms with van der Waals surface area (Å²) in [7, 11) is 0. The molecule has 1 heterocycles. The lowest BCUT2D eigenvalue weighted by molar-refractivity contribution is 0.480. The normalized spacial score (nSPS) is 10.2. The first kappa shape index (κ1) is 11.7. The fourth-order valence-electron chi connectivity index (χ4n) is 1.58. The molecule has 4 heteroatoms. The number of benzene rings is 1. The van der Waals surface area contributed by atoms with Crippen LogP contribution in [0.2, 0.25) is 5.02 Å². The Morgan fingerprint density at radius 3 is 2.71 bits per heavy atom. The van der Waals surface area contributed by atoms with Crippen LogP contribution in [-0.4, -0.2) is 4.98 Å². The molecule has 1 aromatic carbocycles. The Morgan fingerprint density at radius 2 is 2.06 bits per heavy atom. The van der Waals surface area contributed by atoms with Crippen LogP contribution in [-0.2, 0) is 12.8 Å². The van der Waals surface area contributed by atoms with Gasteiger partial charge in [-0.1, -0.05) is 23.7 Å². The van der Waals surface area contributed by atoms with Crippen molar-refractivity contribution in [3.05, 3.63) is 52.2 Å². The molecule has 2 rings (SSSR count). The molecule has 0 aliphatic carbocycles. The van der Waals surface area contributed by atoms with Gasteiger partial charge in [0.15, 0.2) is 5.89 Å². The van der Waals surface area contributed by atoms with Crippen molar-refractivity contribution in [2.24, 2.45) is 0 Å². The van der Waals surface area contributed by atoms with Gasteiger partial charge in [-0.05, 0) is 24.6 Å². The van der Waals surface area contributed by atoms with Crippen molar-refractivity contribution < 1.29 is 4.42 Å². The largest absolute Gasteiger partial charge is 0.445 e. The first-order chi connectivity index (χ1) is 8.19. The number of aryl methyl sites for hydroxylation is 1. The molecule has 0 N–H and O–H groups in total. The van der Waals surface area contributed by atoms with Crippen molar-refractivity contribution in [3.63, 3.8) is 0 Å². The predicted molar refractivity (Wildman–Crippen MR) is 64.8 cm³/mol. The topological polar surface area (TPSA) is 49.8 Å². The quantitative estimate of drug-likeness (QED) is 0.835. The van der Waals surface area contributed by atoms with E-state index in [0.29, 0.717) is 17.3 Å². The number of aromatic nitrogens is 1. The molecule has 0 saturated heterocycles. The summed E-state index contributed by atoms with van der Waals surface area (Å²) in [5.41, 5.74) is 1.80. The van der Waals surface area contributed by atoms with Crippen molar-refractivity contribution in [2.75, 3.05) is 0 Å². The summed E-state index contributed by atoms with van der Waals surface area (Å²) < 4.78 is 5.51. The fourth-order valence-corrected chi connectivity index (χ4v) is 1.71. The van der Waals surface area contributed by atoms with E-state index in [-0.39, 0.29) is 6.42 Å². The lowest BCUT2D eigenvalue weighted by Gasteiger charge is -1.96. The average Bonchev–Trinajstić information content (AvgIpc) is 2.63. The SMILES string of the molecule is Cc1oc(Cc2ccc(Cl)cc2)nc1CC#N. The second-order valence-electron chi connectivity index (χ2n) is 3.75. The monoisotopic (exact) mass is 246 g/mol. The number of halogens is 1. The van der Waals surface area contributed by atoms with E-state index in [9.17, 15) is 0 Å². The molecule has 0 saturated carbocycles. The second-order valence-corrected chi connectivity index (χ2v) is 4.19. The van der Waals surface area contributed by atoms with Gasteiger partial charge in [0, 0.05) is 11.4 Å². The minimum Gasteiger partial charge on any atom is -0.445 e.